The second-order valence-corrected chi connectivity index (χ2v) is 15.1. The molecule has 0 aromatic heterocycles. The molecule has 0 aromatic rings. The summed E-state index contributed by atoms with van der Waals surface area (Å²) in [5.41, 5.74) is 9.05. The van der Waals surface area contributed by atoms with Crippen LogP contribution in [0.25, 0.3) is 10.4 Å². The molecule has 0 aliphatic carbocycles. The van der Waals surface area contributed by atoms with E-state index in [0.717, 1.165) is 0 Å². The van der Waals surface area contributed by atoms with Gasteiger partial charge < -0.3 is 23.7 Å². The van der Waals surface area contributed by atoms with Crippen molar-refractivity contribution in [2.45, 2.75) is 80.3 Å². The lowest BCUT2D eigenvalue weighted by atomic mass is 9.97. The third-order valence-corrected chi connectivity index (χ3v) is 9.89. The van der Waals surface area contributed by atoms with E-state index in [0.29, 0.717) is 0 Å². The predicted octanol–water partition coefficient (Wildman–Crippen LogP) is 5.23. The van der Waals surface area contributed by atoms with Gasteiger partial charge in [-0.2, -0.15) is 0 Å². The van der Waals surface area contributed by atoms with Crippen molar-refractivity contribution in [1.29, 1.82) is 5.41 Å². The molecule has 0 amide bonds. The highest BCUT2D eigenvalue weighted by atomic mass is 35.6. The standard InChI is InChI=1S/C15H25Cl3N4O6Si/c1-7-9(28-29(5,6)14(2,3)4)8(21-22-20)10(26-13(23)24)11(25-7)27-12(19)15(16,17)18/h7-11,19H,1-6H3,(H,23,24)/t7-,8+,9-,10-,11-/m1/s1. The maximum atomic E-state index is 11.2. The molecule has 0 aromatic carbocycles. The van der Waals surface area contributed by atoms with Crippen molar-refractivity contribution in [3.63, 3.8) is 0 Å². The third kappa shape index (κ3) is 6.78. The maximum absolute atomic E-state index is 11.2. The number of nitrogens with zero attached hydrogens (tertiary/aromatic N) is 3. The maximum Gasteiger partial charge on any atom is 0.506 e. The summed E-state index contributed by atoms with van der Waals surface area (Å²) in [7, 11) is -2.37. The summed E-state index contributed by atoms with van der Waals surface area (Å²) < 4.78 is 19.9. The number of nitrogens with one attached hydrogen (secondary N) is 1. The van der Waals surface area contributed by atoms with Gasteiger partial charge in [0.1, 0.15) is 6.04 Å². The van der Waals surface area contributed by atoms with Gasteiger partial charge in [-0.25, -0.2) is 4.79 Å². The van der Waals surface area contributed by atoms with Crippen LogP contribution in [0.3, 0.4) is 0 Å². The number of hydrogen-bond acceptors (Lipinski definition) is 7. The zero-order valence-electron chi connectivity index (χ0n) is 16.9. The van der Waals surface area contributed by atoms with Crippen molar-refractivity contribution in [2.75, 3.05) is 0 Å². The molecule has 14 heteroatoms. The number of azide groups is 1. The van der Waals surface area contributed by atoms with Crippen molar-refractivity contribution in [2.24, 2.45) is 5.11 Å². The van der Waals surface area contributed by atoms with Gasteiger partial charge in [0.2, 0.25) is 12.2 Å². The van der Waals surface area contributed by atoms with Crippen LogP contribution in [0.1, 0.15) is 27.7 Å². The third-order valence-electron chi connectivity index (χ3n) is 4.90. The van der Waals surface area contributed by atoms with Gasteiger partial charge in [0.05, 0.1) is 12.2 Å². The zero-order chi connectivity index (χ0) is 22.8. The van der Waals surface area contributed by atoms with E-state index in [1.54, 1.807) is 6.92 Å². The van der Waals surface area contributed by atoms with Crippen LogP contribution in [0.4, 0.5) is 4.79 Å². The van der Waals surface area contributed by atoms with Gasteiger partial charge in [0.25, 0.3) is 3.79 Å². The molecule has 1 aliphatic rings. The number of rotatable bonds is 5. The van der Waals surface area contributed by atoms with Crippen LogP contribution in [-0.2, 0) is 18.6 Å². The van der Waals surface area contributed by atoms with Gasteiger partial charge in [-0.3, -0.25) is 5.41 Å². The van der Waals surface area contributed by atoms with E-state index < -0.39 is 54.8 Å². The minimum atomic E-state index is -2.37. The molecule has 29 heavy (non-hydrogen) atoms. The first kappa shape index (κ1) is 26.1. The molecule has 0 radical (unpaired) electrons. The predicted molar refractivity (Wildman–Crippen MR) is 111 cm³/mol. The SMILES string of the molecule is C[C@H]1O[C@H](OC(=N)C(Cl)(Cl)Cl)[C@H](OC(=O)O)[C@@H](N=[N+]=[N-])[C@@H]1O[Si](C)(C)C(C)(C)C. The molecule has 1 heterocycles. The van der Waals surface area contributed by atoms with Gasteiger partial charge in [-0.1, -0.05) is 60.7 Å². The highest BCUT2D eigenvalue weighted by molar-refractivity contribution is 6.76. The Labute approximate surface area is 184 Å². The Morgan fingerprint density at radius 1 is 1.24 bits per heavy atom. The van der Waals surface area contributed by atoms with Crippen LogP contribution in [0.5, 0.6) is 0 Å². The number of alkyl halides is 3. The summed E-state index contributed by atoms with van der Waals surface area (Å²) in [6.07, 6.45) is -6.13. The molecule has 0 bridgehead atoms. The summed E-state index contributed by atoms with van der Waals surface area (Å²) in [6, 6.07) is -1.14. The van der Waals surface area contributed by atoms with Crippen LogP contribution in [0.2, 0.25) is 18.1 Å². The summed E-state index contributed by atoms with van der Waals surface area (Å²) in [4.78, 5) is 14.0. The average molecular weight is 492 g/mol. The van der Waals surface area contributed by atoms with Crippen LogP contribution in [0.15, 0.2) is 5.11 Å². The Balaban J connectivity index is 3.31. The lowest BCUT2D eigenvalue weighted by Gasteiger charge is -2.47. The first-order valence-electron chi connectivity index (χ1n) is 8.60. The first-order chi connectivity index (χ1) is 13.0. The molecular formula is C15H25Cl3N4O6Si. The van der Waals surface area contributed by atoms with Gasteiger partial charge in [-0.15, -0.1) is 0 Å². The Hall–Kier alpha value is -0.943. The zero-order valence-corrected chi connectivity index (χ0v) is 20.1. The molecule has 166 valence electrons. The van der Waals surface area contributed by atoms with Crippen LogP contribution in [-0.4, -0.2) is 59.9 Å². The van der Waals surface area contributed by atoms with Gasteiger partial charge >= 0.3 is 6.16 Å². The fourth-order valence-corrected chi connectivity index (χ4v) is 3.88. The smallest absolute Gasteiger partial charge is 0.450 e. The van der Waals surface area contributed by atoms with Crippen LogP contribution in [0, 0.1) is 5.41 Å². The molecule has 5 atom stereocenters. The van der Waals surface area contributed by atoms with Crippen molar-refractivity contribution in [3.05, 3.63) is 10.4 Å². The monoisotopic (exact) mass is 490 g/mol. The quantitative estimate of drug-likeness (QED) is 0.0786. The molecule has 2 N–H and O–H groups in total. The van der Waals surface area contributed by atoms with Crippen molar-refractivity contribution >= 4 is 55.2 Å². The minimum absolute atomic E-state index is 0.179. The molecule has 1 fully saturated rings. The fourth-order valence-electron chi connectivity index (χ4n) is 2.39. The summed E-state index contributed by atoms with van der Waals surface area (Å²) in [5, 5.41) is 20.4. The Morgan fingerprint density at radius 3 is 2.21 bits per heavy atom. The van der Waals surface area contributed by atoms with Crippen LogP contribution >= 0.6 is 34.8 Å². The Bertz CT molecular complexity index is 678. The fraction of sp³-hybridized carbons (Fsp3) is 0.867. The Morgan fingerprint density at radius 2 is 1.79 bits per heavy atom. The lowest BCUT2D eigenvalue weighted by Crippen LogP contribution is -2.62. The van der Waals surface area contributed by atoms with Gasteiger partial charge in [0, 0.05) is 4.91 Å². The highest BCUT2D eigenvalue weighted by Crippen LogP contribution is 2.40. The summed E-state index contributed by atoms with van der Waals surface area (Å²) in [6.45, 7) is 11.7. The normalized spacial score (nSPS) is 28.2. The number of carboxylic acid groups (broad SMARTS) is 1. The second-order valence-electron chi connectivity index (χ2n) is 8.04. The van der Waals surface area contributed by atoms with Crippen molar-refractivity contribution < 1.29 is 28.5 Å². The molecule has 0 saturated carbocycles. The van der Waals surface area contributed by atoms with E-state index >= 15 is 0 Å². The number of carbonyl (C=O) groups is 1. The molecule has 1 saturated heterocycles. The number of hydrogen-bond donors (Lipinski definition) is 2. The van der Waals surface area contributed by atoms with Crippen molar-refractivity contribution in [3.8, 4) is 0 Å². The van der Waals surface area contributed by atoms with E-state index in [1.807, 2.05) is 33.9 Å². The molecule has 1 aliphatic heterocycles. The lowest BCUT2D eigenvalue weighted by molar-refractivity contribution is -0.240. The van der Waals surface area contributed by atoms with E-state index in [2.05, 4.69) is 10.0 Å². The number of halogens is 3. The average Bonchev–Trinajstić information content (AvgIpc) is 2.52. The largest absolute Gasteiger partial charge is 0.506 e. The molecule has 0 spiro atoms. The molecular weight excluding hydrogens is 467 g/mol. The van der Waals surface area contributed by atoms with Crippen LogP contribution < -0.4 is 0 Å². The molecule has 10 nitrogen and oxygen atoms in total. The molecule has 0 unspecified atom stereocenters. The van der Waals surface area contributed by atoms with E-state index in [-0.39, 0.29) is 5.04 Å². The van der Waals surface area contributed by atoms with Gasteiger partial charge in [-0.05, 0) is 30.6 Å². The Kier molecular flexibility index (Phi) is 8.52. The van der Waals surface area contributed by atoms with Crippen molar-refractivity contribution in [1.82, 2.24) is 0 Å². The second kappa shape index (κ2) is 9.46. The summed E-state index contributed by atoms with van der Waals surface area (Å²) in [5.74, 6) is -0.804. The summed E-state index contributed by atoms with van der Waals surface area (Å²) >= 11 is 16.9. The van der Waals surface area contributed by atoms with E-state index in [9.17, 15) is 4.79 Å². The minimum Gasteiger partial charge on any atom is -0.450 e. The van der Waals surface area contributed by atoms with E-state index in [1.165, 1.54) is 0 Å². The topological polar surface area (TPSA) is 147 Å². The van der Waals surface area contributed by atoms with Gasteiger partial charge in [0.15, 0.2) is 14.4 Å². The number of ether oxygens (including phenoxy) is 3. The highest BCUT2D eigenvalue weighted by Gasteiger charge is 2.52. The van der Waals surface area contributed by atoms with E-state index in [4.69, 9.17) is 69.5 Å². The molecule has 1 rings (SSSR count). The first-order valence-corrected chi connectivity index (χ1v) is 12.6.